The molecule has 0 saturated heterocycles. The molecular weight excluding hydrogens is 164 g/mol. The first-order valence-corrected chi connectivity index (χ1v) is 4.37. The fourth-order valence-corrected chi connectivity index (χ4v) is 1.95. The van der Waals surface area contributed by atoms with Crippen molar-refractivity contribution in [1.29, 1.82) is 0 Å². The van der Waals surface area contributed by atoms with Crippen molar-refractivity contribution in [1.82, 2.24) is 0 Å². The largest absolute Gasteiger partial charge is 0.500 e. The fourth-order valence-electron chi connectivity index (χ4n) is 0.891. The van der Waals surface area contributed by atoms with Gasteiger partial charge in [0.05, 0.1) is 25.5 Å². The van der Waals surface area contributed by atoms with Crippen LogP contribution in [0.1, 0.15) is 0 Å². The van der Waals surface area contributed by atoms with E-state index in [1.807, 2.05) is 0 Å². The molecule has 1 aliphatic heterocycles. The van der Waals surface area contributed by atoms with E-state index in [2.05, 4.69) is 4.74 Å². The first-order chi connectivity index (χ1) is 5.29. The third-order valence-corrected chi connectivity index (χ3v) is 2.45. The van der Waals surface area contributed by atoms with Crippen LogP contribution >= 0.6 is 11.8 Å². The first-order valence-electron chi connectivity index (χ1n) is 3.21. The van der Waals surface area contributed by atoms with Crippen LogP contribution in [0.5, 0.6) is 0 Å². The molecule has 3 nitrogen and oxygen atoms in total. The zero-order valence-corrected chi connectivity index (χ0v) is 7.36. The van der Waals surface area contributed by atoms with E-state index in [0.717, 1.165) is 11.5 Å². The molecule has 1 heterocycles. The summed E-state index contributed by atoms with van der Waals surface area (Å²) in [6.07, 6.45) is 0. The summed E-state index contributed by atoms with van der Waals surface area (Å²) < 4.78 is 9.58. The van der Waals surface area contributed by atoms with Gasteiger partial charge in [0.1, 0.15) is 5.76 Å². The van der Waals surface area contributed by atoms with E-state index < -0.39 is 0 Å². The quantitative estimate of drug-likeness (QED) is 0.580. The van der Waals surface area contributed by atoms with E-state index in [9.17, 15) is 4.79 Å². The number of rotatable bonds is 2. The Morgan fingerprint density at radius 2 is 2.18 bits per heavy atom. The molecule has 0 aromatic carbocycles. The second kappa shape index (κ2) is 3.67. The topological polar surface area (TPSA) is 35.5 Å². The molecule has 0 aliphatic carbocycles. The minimum atomic E-state index is -0.271. The maximum absolute atomic E-state index is 11.0. The number of hydrogen-bond donors (Lipinski definition) is 0. The highest BCUT2D eigenvalue weighted by molar-refractivity contribution is 7.99. The standard InChI is InChI=1S/C7H10O3S/c1-9-6-4-11-3-5(6)7(8)10-2/h3-4H2,1-2H3. The Kier molecular flexibility index (Phi) is 2.82. The number of thioether (sulfide) groups is 1. The van der Waals surface area contributed by atoms with Gasteiger partial charge < -0.3 is 9.47 Å². The summed E-state index contributed by atoms with van der Waals surface area (Å²) in [6, 6.07) is 0. The van der Waals surface area contributed by atoms with Gasteiger partial charge in [0.2, 0.25) is 0 Å². The Morgan fingerprint density at radius 3 is 2.73 bits per heavy atom. The molecule has 0 unspecified atom stereocenters. The van der Waals surface area contributed by atoms with Gasteiger partial charge >= 0.3 is 5.97 Å². The average Bonchev–Trinajstić information content (AvgIpc) is 2.50. The smallest absolute Gasteiger partial charge is 0.338 e. The van der Waals surface area contributed by atoms with Crippen molar-refractivity contribution in [3.63, 3.8) is 0 Å². The molecule has 11 heavy (non-hydrogen) atoms. The van der Waals surface area contributed by atoms with E-state index in [-0.39, 0.29) is 5.97 Å². The molecule has 62 valence electrons. The van der Waals surface area contributed by atoms with Gasteiger partial charge in [-0.3, -0.25) is 0 Å². The predicted molar refractivity (Wildman–Crippen MR) is 43.4 cm³/mol. The van der Waals surface area contributed by atoms with E-state index in [0.29, 0.717) is 11.3 Å². The maximum atomic E-state index is 11.0. The second-order valence-corrected chi connectivity index (χ2v) is 3.08. The van der Waals surface area contributed by atoms with Crippen LogP contribution in [0.4, 0.5) is 0 Å². The minimum absolute atomic E-state index is 0.271. The van der Waals surface area contributed by atoms with E-state index >= 15 is 0 Å². The first kappa shape index (κ1) is 8.46. The van der Waals surface area contributed by atoms with Gasteiger partial charge in [-0.1, -0.05) is 0 Å². The summed E-state index contributed by atoms with van der Waals surface area (Å²) in [7, 11) is 2.95. The molecule has 0 spiro atoms. The molecule has 1 aliphatic rings. The van der Waals surface area contributed by atoms with Crippen LogP contribution < -0.4 is 0 Å². The summed E-state index contributed by atoms with van der Waals surface area (Å²) in [6.45, 7) is 0. The number of methoxy groups -OCH3 is 2. The van der Waals surface area contributed by atoms with Crippen LogP contribution in [0.15, 0.2) is 11.3 Å². The van der Waals surface area contributed by atoms with Crippen LogP contribution in [-0.2, 0) is 14.3 Å². The SMILES string of the molecule is COC(=O)C1=C(OC)CSC1. The van der Waals surface area contributed by atoms with Crippen molar-refractivity contribution in [2.45, 2.75) is 0 Å². The number of ether oxygens (including phenoxy) is 2. The van der Waals surface area contributed by atoms with Crippen molar-refractivity contribution >= 4 is 17.7 Å². The molecule has 0 aromatic heterocycles. The Hall–Kier alpha value is -0.640. The lowest BCUT2D eigenvalue weighted by atomic mass is 10.3. The van der Waals surface area contributed by atoms with E-state index in [1.54, 1.807) is 18.9 Å². The molecule has 0 fully saturated rings. The van der Waals surface area contributed by atoms with Crippen LogP contribution in [0.3, 0.4) is 0 Å². The van der Waals surface area contributed by atoms with Gasteiger partial charge in [0.15, 0.2) is 0 Å². The Morgan fingerprint density at radius 1 is 1.45 bits per heavy atom. The molecule has 0 N–H and O–H groups in total. The predicted octanol–water partition coefficient (Wildman–Crippen LogP) is 0.807. The molecule has 0 saturated carbocycles. The molecule has 0 amide bonds. The van der Waals surface area contributed by atoms with Gasteiger partial charge in [-0.15, -0.1) is 11.8 Å². The number of carbonyl (C=O) groups is 1. The summed E-state index contributed by atoms with van der Waals surface area (Å²) in [5.41, 5.74) is 0.667. The monoisotopic (exact) mass is 174 g/mol. The molecule has 0 atom stereocenters. The zero-order valence-electron chi connectivity index (χ0n) is 6.55. The maximum Gasteiger partial charge on any atom is 0.338 e. The highest BCUT2D eigenvalue weighted by atomic mass is 32.2. The molecule has 1 rings (SSSR count). The van der Waals surface area contributed by atoms with Crippen molar-refractivity contribution in [2.24, 2.45) is 0 Å². The Balaban J connectivity index is 2.74. The van der Waals surface area contributed by atoms with Crippen molar-refractivity contribution in [3.8, 4) is 0 Å². The van der Waals surface area contributed by atoms with Gasteiger partial charge in [-0.05, 0) is 0 Å². The lowest BCUT2D eigenvalue weighted by Gasteiger charge is -2.01. The normalized spacial score (nSPS) is 16.9. The van der Waals surface area contributed by atoms with Gasteiger partial charge in [0, 0.05) is 5.75 Å². The lowest BCUT2D eigenvalue weighted by Crippen LogP contribution is -2.07. The highest BCUT2D eigenvalue weighted by Crippen LogP contribution is 2.25. The highest BCUT2D eigenvalue weighted by Gasteiger charge is 2.22. The molecule has 0 aromatic rings. The molecule has 0 bridgehead atoms. The van der Waals surface area contributed by atoms with Crippen molar-refractivity contribution in [2.75, 3.05) is 25.7 Å². The molecule has 4 heteroatoms. The summed E-state index contributed by atoms with van der Waals surface area (Å²) in [4.78, 5) is 11.0. The van der Waals surface area contributed by atoms with Gasteiger partial charge in [-0.25, -0.2) is 4.79 Å². The third-order valence-electron chi connectivity index (χ3n) is 1.49. The van der Waals surface area contributed by atoms with E-state index in [1.165, 1.54) is 7.11 Å². The van der Waals surface area contributed by atoms with Gasteiger partial charge in [0.25, 0.3) is 0 Å². The number of esters is 1. The van der Waals surface area contributed by atoms with Crippen molar-refractivity contribution in [3.05, 3.63) is 11.3 Å². The summed E-state index contributed by atoms with van der Waals surface area (Å²) in [5.74, 6) is 1.96. The second-order valence-electron chi connectivity index (χ2n) is 2.09. The third kappa shape index (κ3) is 1.68. The molecule has 0 radical (unpaired) electrons. The molecular formula is C7H10O3S. The van der Waals surface area contributed by atoms with Crippen LogP contribution in [-0.4, -0.2) is 31.7 Å². The Labute approximate surface area is 69.7 Å². The van der Waals surface area contributed by atoms with Crippen molar-refractivity contribution < 1.29 is 14.3 Å². The number of hydrogen-bond acceptors (Lipinski definition) is 4. The zero-order chi connectivity index (χ0) is 8.27. The summed E-state index contributed by atoms with van der Waals surface area (Å²) >= 11 is 1.66. The number of carbonyl (C=O) groups excluding carboxylic acids is 1. The van der Waals surface area contributed by atoms with Crippen LogP contribution in [0.2, 0.25) is 0 Å². The summed E-state index contributed by atoms with van der Waals surface area (Å²) in [5, 5.41) is 0. The van der Waals surface area contributed by atoms with Crippen LogP contribution in [0.25, 0.3) is 0 Å². The fraction of sp³-hybridized carbons (Fsp3) is 0.571. The van der Waals surface area contributed by atoms with Crippen LogP contribution in [0, 0.1) is 0 Å². The minimum Gasteiger partial charge on any atom is -0.500 e. The Bertz CT molecular complexity index is 198. The van der Waals surface area contributed by atoms with Gasteiger partial charge in [-0.2, -0.15) is 0 Å². The average molecular weight is 174 g/mol. The lowest BCUT2D eigenvalue weighted by molar-refractivity contribution is -0.136. The van der Waals surface area contributed by atoms with E-state index in [4.69, 9.17) is 4.74 Å².